The van der Waals surface area contributed by atoms with Crippen molar-refractivity contribution in [1.82, 2.24) is 19.4 Å². The topological polar surface area (TPSA) is 68.9 Å². The smallest absolute Gasteiger partial charge is 0.263 e. The van der Waals surface area contributed by atoms with E-state index in [2.05, 4.69) is 29.4 Å². The molecule has 0 spiro atoms. The molecule has 1 amide bonds. The Kier molecular flexibility index (Phi) is 6.40. The standard InChI is InChI=1S/C26H27FN4O2/c1-4-19-8-10-20(11-9-19)15-28-23(32)12-13-30-16-29-25-24(26(30)33)17(2)18(3)31(25)22-7-5-6-21(27)14-22/h5-11,14,16H,4,12-13,15H2,1-3H3,(H,28,32). The molecule has 0 aliphatic carbocycles. The Labute approximate surface area is 191 Å². The molecule has 0 aliphatic heterocycles. The van der Waals surface area contributed by atoms with Crippen LogP contribution in [0.4, 0.5) is 4.39 Å². The normalized spacial score (nSPS) is 11.2. The van der Waals surface area contributed by atoms with Crippen molar-refractivity contribution in [2.75, 3.05) is 0 Å². The molecule has 2 aromatic carbocycles. The van der Waals surface area contributed by atoms with Crippen LogP contribution < -0.4 is 10.9 Å². The van der Waals surface area contributed by atoms with Crippen molar-refractivity contribution in [1.29, 1.82) is 0 Å². The Balaban J connectivity index is 1.51. The number of carbonyl (C=O) groups is 1. The first-order valence-electron chi connectivity index (χ1n) is 11.1. The van der Waals surface area contributed by atoms with Gasteiger partial charge in [-0.15, -0.1) is 0 Å². The van der Waals surface area contributed by atoms with Crippen LogP contribution in [-0.4, -0.2) is 20.0 Å². The predicted octanol–water partition coefficient (Wildman–Crippen LogP) is 4.21. The Morgan fingerprint density at radius 3 is 2.52 bits per heavy atom. The highest BCUT2D eigenvalue weighted by atomic mass is 19.1. The zero-order valence-corrected chi connectivity index (χ0v) is 19.1. The molecular formula is C26H27FN4O2. The monoisotopic (exact) mass is 446 g/mol. The van der Waals surface area contributed by atoms with Crippen LogP contribution in [-0.2, 0) is 24.3 Å². The average molecular weight is 447 g/mol. The fourth-order valence-corrected chi connectivity index (χ4v) is 3.98. The quantitative estimate of drug-likeness (QED) is 0.462. The predicted molar refractivity (Wildman–Crippen MR) is 127 cm³/mol. The molecule has 0 fully saturated rings. The SMILES string of the molecule is CCc1ccc(CNC(=O)CCn2cnc3c(c(C)c(C)n3-c3cccc(F)c3)c2=O)cc1. The van der Waals surface area contributed by atoms with Gasteiger partial charge in [0.1, 0.15) is 5.82 Å². The van der Waals surface area contributed by atoms with Crippen LogP contribution >= 0.6 is 0 Å². The number of nitrogens with zero attached hydrogens (tertiary/aromatic N) is 3. The van der Waals surface area contributed by atoms with Gasteiger partial charge in [0, 0.05) is 25.2 Å². The van der Waals surface area contributed by atoms with Gasteiger partial charge in [-0.05, 0) is 55.2 Å². The number of aryl methyl sites for hydroxylation is 3. The van der Waals surface area contributed by atoms with Crippen LogP contribution in [0.3, 0.4) is 0 Å². The molecule has 0 saturated carbocycles. The van der Waals surface area contributed by atoms with Crippen LogP contribution in [0.2, 0.25) is 0 Å². The lowest BCUT2D eigenvalue weighted by Crippen LogP contribution is -2.27. The minimum atomic E-state index is -0.355. The summed E-state index contributed by atoms with van der Waals surface area (Å²) in [5.74, 6) is -0.487. The van der Waals surface area contributed by atoms with Crippen molar-refractivity contribution in [2.45, 2.75) is 46.7 Å². The Morgan fingerprint density at radius 2 is 1.82 bits per heavy atom. The van der Waals surface area contributed by atoms with Gasteiger partial charge < -0.3 is 5.32 Å². The summed E-state index contributed by atoms with van der Waals surface area (Å²) in [7, 11) is 0. The second kappa shape index (κ2) is 9.40. The summed E-state index contributed by atoms with van der Waals surface area (Å²) in [5.41, 5.74) is 4.79. The molecule has 0 unspecified atom stereocenters. The zero-order chi connectivity index (χ0) is 23.5. The van der Waals surface area contributed by atoms with Gasteiger partial charge in [0.15, 0.2) is 5.65 Å². The van der Waals surface area contributed by atoms with Gasteiger partial charge in [-0.1, -0.05) is 37.3 Å². The molecule has 7 heteroatoms. The first-order chi connectivity index (χ1) is 15.9. The van der Waals surface area contributed by atoms with E-state index in [4.69, 9.17) is 0 Å². The number of aromatic nitrogens is 3. The number of halogens is 1. The van der Waals surface area contributed by atoms with Gasteiger partial charge in [0.25, 0.3) is 5.56 Å². The van der Waals surface area contributed by atoms with E-state index in [0.717, 1.165) is 23.2 Å². The third-order valence-electron chi connectivity index (χ3n) is 6.05. The van der Waals surface area contributed by atoms with Gasteiger partial charge in [0.05, 0.1) is 17.4 Å². The van der Waals surface area contributed by atoms with Crippen molar-refractivity contribution in [3.8, 4) is 5.69 Å². The lowest BCUT2D eigenvalue weighted by molar-refractivity contribution is -0.121. The lowest BCUT2D eigenvalue weighted by atomic mass is 10.1. The minimum Gasteiger partial charge on any atom is -0.352 e. The molecule has 1 N–H and O–H groups in total. The molecule has 0 atom stereocenters. The lowest BCUT2D eigenvalue weighted by Gasteiger charge is -2.09. The summed E-state index contributed by atoms with van der Waals surface area (Å²) in [5, 5.41) is 3.38. The van der Waals surface area contributed by atoms with Crippen LogP contribution in [0.15, 0.2) is 59.7 Å². The fourth-order valence-electron chi connectivity index (χ4n) is 3.98. The van der Waals surface area contributed by atoms with Crippen molar-refractivity contribution in [2.24, 2.45) is 0 Å². The highest BCUT2D eigenvalue weighted by Crippen LogP contribution is 2.25. The first-order valence-corrected chi connectivity index (χ1v) is 11.1. The highest BCUT2D eigenvalue weighted by Gasteiger charge is 2.18. The van der Waals surface area contributed by atoms with E-state index in [-0.39, 0.29) is 30.2 Å². The fraction of sp³-hybridized carbons (Fsp3) is 0.269. The number of nitrogens with one attached hydrogen (secondary N) is 1. The number of fused-ring (bicyclic) bond motifs is 1. The third-order valence-corrected chi connectivity index (χ3v) is 6.05. The highest BCUT2D eigenvalue weighted by molar-refractivity contribution is 5.83. The summed E-state index contributed by atoms with van der Waals surface area (Å²) in [6.45, 7) is 6.52. The molecular weight excluding hydrogens is 419 g/mol. The van der Waals surface area contributed by atoms with E-state index in [0.29, 0.717) is 23.3 Å². The average Bonchev–Trinajstić information content (AvgIpc) is 3.08. The van der Waals surface area contributed by atoms with Gasteiger partial charge in [-0.25, -0.2) is 9.37 Å². The van der Waals surface area contributed by atoms with Crippen LogP contribution in [0.1, 0.15) is 35.7 Å². The minimum absolute atomic E-state index is 0.133. The maximum atomic E-state index is 13.8. The maximum Gasteiger partial charge on any atom is 0.263 e. The van der Waals surface area contributed by atoms with Crippen LogP contribution in [0.25, 0.3) is 16.7 Å². The molecule has 2 aromatic heterocycles. The van der Waals surface area contributed by atoms with E-state index in [1.54, 1.807) is 16.7 Å². The van der Waals surface area contributed by atoms with Crippen LogP contribution in [0, 0.1) is 19.7 Å². The Morgan fingerprint density at radius 1 is 1.09 bits per heavy atom. The van der Waals surface area contributed by atoms with Gasteiger partial charge in [0.2, 0.25) is 5.91 Å². The number of benzene rings is 2. The van der Waals surface area contributed by atoms with E-state index in [1.807, 2.05) is 26.0 Å². The summed E-state index contributed by atoms with van der Waals surface area (Å²) in [6.07, 6.45) is 2.60. The molecule has 2 heterocycles. The van der Waals surface area contributed by atoms with E-state index >= 15 is 0 Å². The number of hydrogen-bond donors (Lipinski definition) is 1. The van der Waals surface area contributed by atoms with E-state index < -0.39 is 0 Å². The molecule has 4 aromatic rings. The molecule has 33 heavy (non-hydrogen) atoms. The number of rotatable bonds is 7. The molecule has 170 valence electrons. The summed E-state index contributed by atoms with van der Waals surface area (Å²) in [6, 6.07) is 14.3. The Hall–Kier alpha value is -3.74. The van der Waals surface area contributed by atoms with Gasteiger partial charge in [-0.2, -0.15) is 0 Å². The van der Waals surface area contributed by atoms with Crippen molar-refractivity contribution < 1.29 is 9.18 Å². The maximum absolute atomic E-state index is 13.8. The number of carbonyl (C=O) groups excluding carboxylic acids is 1. The van der Waals surface area contributed by atoms with Gasteiger partial charge >= 0.3 is 0 Å². The molecule has 0 radical (unpaired) electrons. The molecule has 4 rings (SSSR count). The number of hydrogen-bond acceptors (Lipinski definition) is 3. The van der Waals surface area contributed by atoms with Crippen molar-refractivity contribution >= 4 is 16.9 Å². The first kappa shape index (κ1) is 22.5. The largest absolute Gasteiger partial charge is 0.352 e. The molecule has 0 saturated heterocycles. The summed E-state index contributed by atoms with van der Waals surface area (Å²) in [4.78, 5) is 30.0. The van der Waals surface area contributed by atoms with Crippen molar-refractivity contribution in [3.63, 3.8) is 0 Å². The van der Waals surface area contributed by atoms with Crippen LogP contribution in [0.5, 0.6) is 0 Å². The Bertz CT molecular complexity index is 1370. The van der Waals surface area contributed by atoms with E-state index in [1.165, 1.54) is 28.6 Å². The van der Waals surface area contributed by atoms with Gasteiger partial charge in [-0.3, -0.25) is 18.7 Å². The van der Waals surface area contributed by atoms with E-state index in [9.17, 15) is 14.0 Å². The zero-order valence-electron chi connectivity index (χ0n) is 19.1. The van der Waals surface area contributed by atoms with Crippen molar-refractivity contribution in [3.05, 3.63) is 93.4 Å². The number of amides is 1. The summed E-state index contributed by atoms with van der Waals surface area (Å²) < 4.78 is 17.0. The molecule has 0 bridgehead atoms. The molecule has 6 nitrogen and oxygen atoms in total. The summed E-state index contributed by atoms with van der Waals surface area (Å²) >= 11 is 0. The second-order valence-electron chi connectivity index (χ2n) is 8.16. The molecule has 0 aliphatic rings. The third kappa shape index (κ3) is 4.58. The second-order valence-corrected chi connectivity index (χ2v) is 8.16.